The molecule has 2 N–H and O–H groups in total. The van der Waals surface area contributed by atoms with E-state index in [4.69, 9.17) is 14.2 Å². The average Bonchev–Trinajstić information content (AvgIpc) is 3.64. The summed E-state index contributed by atoms with van der Waals surface area (Å²) in [5.41, 5.74) is 2.96. The highest BCUT2D eigenvalue weighted by Crippen LogP contribution is 2.40. The number of aromatic hydroxyl groups is 2. The summed E-state index contributed by atoms with van der Waals surface area (Å²) in [7, 11) is 15.9. The van der Waals surface area contributed by atoms with Gasteiger partial charge in [0, 0.05) is 73.3 Å². The second kappa shape index (κ2) is 18.2. The van der Waals surface area contributed by atoms with Crippen LogP contribution in [0.3, 0.4) is 0 Å². The van der Waals surface area contributed by atoms with Crippen LogP contribution in [0, 0.1) is 6.92 Å². The van der Waals surface area contributed by atoms with Gasteiger partial charge in [-0.1, -0.05) is 30.3 Å². The van der Waals surface area contributed by atoms with Gasteiger partial charge in [-0.05, 0) is 61.0 Å². The van der Waals surface area contributed by atoms with Crippen LogP contribution in [0.25, 0.3) is 11.4 Å². The highest BCUT2D eigenvalue weighted by Gasteiger charge is 2.34. The van der Waals surface area contributed by atoms with Gasteiger partial charge in [0.25, 0.3) is 23.6 Å². The molecule has 15 nitrogen and oxygen atoms in total. The number of hydrogen-bond acceptors (Lipinski definition) is 9. The van der Waals surface area contributed by atoms with Crippen LogP contribution >= 0.6 is 0 Å². The largest absolute Gasteiger partial charge is 0.503 e. The van der Waals surface area contributed by atoms with E-state index in [0.29, 0.717) is 45.6 Å². The van der Waals surface area contributed by atoms with Crippen LogP contribution in [0.2, 0.25) is 0 Å². The first-order valence-electron chi connectivity index (χ1n) is 17.7. The van der Waals surface area contributed by atoms with Gasteiger partial charge in [0.05, 0.1) is 14.2 Å². The Morgan fingerprint density at radius 2 is 0.877 bits per heavy atom. The van der Waals surface area contributed by atoms with Crippen LogP contribution in [0.1, 0.15) is 53.1 Å². The van der Waals surface area contributed by atoms with Gasteiger partial charge in [0.15, 0.2) is 34.3 Å². The van der Waals surface area contributed by atoms with Crippen LogP contribution in [0.5, 0.6) is 28.7 Å². The zero-order valence-electron chi connectivity index (χ0n) is 34.1. The normalized spacial score (nSPS) is 10.5. The Morgan fingerprint density at radius 3 is 1.25 bits per heavy atom. The van der Waals surface area contributed by atoms with E-state index in [1.54, 1.807) is 76.3 Å². The molecule has 0 aliphatic heterocycles. The molecule has 0 atom stereocenters. The first kappa shape index (κ1) is 42.8. The van der Waals surface area contributed by atoms with E-state index in [1.807, 2.05) is 49.4 Å². The number of aromatic nitrogens is 2. The van der Waals surface area contributed by atoms with Crippen molar-refractivity contribution >= 4 is 23.6 Å². The minimum atomic E-state index is -0.639. The molecule has 4 amide bonds. The van der Waals surface area contributed by atoms with Crippen molar-refractivity contribution < 1.29 is 43.6 Å². The Labute approximate surface area is 332 Å². The van der Waals surface area contributed by atoms with Crippen LogP contribution in [-0.2, 0) is 6.61 Å². The predicted molar refractivity (Wildman–Crippen MR) is 216 cm³/mol. The van der Waals surface area contributed by atoms with Crippen molar-refractivity contribution in [1.29, 1.82) is 0 Å². The highest BCUT2D eigenvalue weighted by molar-refractivity contribution is 6.04. The maximum Gasteiger partial charge on any atom is 0.274 e. The number of carbonyl (C=O) groups excluding carboxylic acids is 4. The fourth-order valence-corrected chi connectivity index (χ4v) is 5.79. The molecule has 0 fully saturated rings. The summed E-state index contributed by atoms with van der Waals surface area (Å²) in [4.78, 5) is 57.1. The van der Waals surface area contributed by atoms with Gasteiger partial charge < -0.3 is 44.0 Å². The second-order valence-electron chi connectivity index (χ2n) is 13.7. The number of nitrogens with zero attached hydrogens (tertiary/aromatic N) is 6. The number of carbonyl (C=O) groups is 4. The lowest BCUT2D eigenvalue weighted by molar-refractivity contribution is 0.0796. The maximum atomic E-state index is 13.3. The smallest absolute Gasteiger partial charge is 0.274 e. The molecular weight excluding hydrogens is 732 g/mol. The quantitative estimate of drug-likeness (QED) is 0.187. The van der Waals surface area contributed by atoms with Gasteiger partial charge in [0.2, 0.25) is 0 Å². The van der Waals surface area contributed by atoms with Gasteiger partial charge >= 0.3 is 0 Å². The fraction of sp³-hybridized carbons (Fsp3) is 0.286. The summed E-state index contributed by atoms with van der Waals surface area (Å²) in [5, 5.41) is 20.6. The zero-order valence-corrected chi connectivity index (χ0v) is 34.1. The highest BCUT2D eigenvalue weighted by atomic mass is 16.5. The molecule has 5 rings (SSSR count). The van der Waals surface area contributed by atoms with E-state index in [0.717, 1.165) is 5.56 Å². The van der Waals surface area contributed by atoms with Crippen molar-refractivity contribution in [2.45, 2.75) is 13.5 Å². The van der Waals surface area contributed by atoms with Crippen molar-refractivity contribution in [3.05, 3.63) is 113 Å². The lowest BCUT2D eigenvalue weighted by Gasteiger charge is -2.18. The van der Waals surface area contributed by atoms with E-state index in [2.05, 4.69) is 0 Å². The van der Waals surface area contributed by atoms with E-state index >= 15 is 0 Å². The monoisotopic (exact) mass is 782 g/mol. The fourth-order valence-electron chi connectivity index (χ4n) is 5.79. The number of benzene rings is 3. The number of hydrogen-bond donors (Lipinski definition) is 2. The third kappa shape index (κ3) is 8.99. The van der Waals surface area contributed by atoms with Crippen LogP contribution in [0.15, 0.2) is 78.9 Å². The first-order valence-corrected chi connectivity index (χ1v) is 17.7. The molecule has 0 bridgehead atoms. The molecule has 0 aliphatic rings. The zero-order chi connectivity index (χ0) is 42.3. The molecule has 5 aromatic rings. The van der Waals surface area contributed by atoms with E-state index in [1.165, 1.54) is 59.5 Å². The van der Waals surface area contributed by atoms with Gasteiger partial charge in [-0.25, -0.2) is 0 Å². The Hall–Kier alpha value is -6.90. The minimum absolute atomic E-state index is 0.196. The summed E-state index contributed by atoms with van der Waals surface area (Å²) in [6, 6.07) is 23.5. The van der Waals surface area contributed by atoms with Gasteiger partial charge in [-0.3, -0.25) is 28.3 Å². The molecule has 15 heteroatoms. The topological polar surface area (TPSA) is 159 Å². The summed E-state index contributed by atoms with van der Waals surface area (Å²) >= 11 is 0. The molecule has 302 valence electrons. The molecular formula is C42H50N6O9. The van der Waals surface area contributed by atoms with Crippen molar-refractivity contribution in [3.63, 3.8) is 0 Å². The Kier molecular flexibility index (Phi) is 13.6. The summed E-state index contributed by atoms with van der Waals surface area (Å²) in [6.07, 6.45) is 0. The van der Waals surface area contributed by atoms with E-state index in [9.17, 15) is 29.4 Å². The van der Waals surface area contributed by atoms with Crippen LogP contribution < -0.4 is 14.2 Å². The standard InChI is InChI=1S/C25H29N3O4.C17H21N3O5/c1-17-21(24(29)26(2)3)28(19-12-14-20(31-6)15-13-19)22(25(30)27(4)5)23(17)32-16-18-10-8-7-9-11-18;1-18(2)16(23)12-14(21)15(22)13(17(24)19(3)4)20(12)10-6-8-11(25-5)9-7-10/h7-15H,16H2,1-6H3;6-9,21-22H,1-5H3. The lowest BCUT2D eigenvalue weighted by atomic mass is 10.2. The van der Waals surface area contributed by atoms with Crippen molar-refractivity contribution in [3.8, 4) is 40.1 Å². The average molecular weight is 783 g/mol. The van der Waals surface area contributed by atoms with Gasteiger partial charge in [0.1, 0.15) is 23.8 Å². The molecule has 0 aliphatic carbocycles. The summed E-state index contributed by atoms with van der Waals surface area (Å²) in [5.74, 6) is -1.20. The molecule has 3 aromatic carbocycles. The molecule has 0 radical (unpaired) electrons. The Morgan fingerprint density at radius 1 is 0.526 bits per heavy atom. The summed E-state index contributed by atoms with van der Waals surface area (Å²) < 4.78 is 19.5. The van der Waals surface area contributed by atoms with Crippen molar-refractivity contribution in [2.24, 2.45) is 0 Å². The maximum absolute atomic E-state index is 13.3. The number of ether oxygens (including phenoxy) is 3. The van der Waals surface area contributed by atoms with Crippen molar-refractivity contribution in [2.75, 3.05) is 70.6 Å². The lowest BCUT2D eigenvalue weighted by Crippen LogP contribution is -2.28. The molecule has 2 heterocycles. The van der Waals surface area contributed by atoms with Gasteiger partial charge in [-0.2, -0.15) is 0 Å². The Balaban J connectivity index is 0.000000261. The molecule has 0 saturated carbocycles. The Bertz CT molecular complexity index is 2180. The number of rotatable bonds is 11. The first-order chi connectivity index (χ1) is 27.0. The van der Waals surface area contributed by atoms with Crippen LogP contribution in [-0.4, -0.2) is 133 Å². The van der Waals surface area contributed by atoms with E-state index < -0.39 is 23.3 Å². The van der Waals surface area contributed by atoms with Crippen molar-refractivity contribution in [1.82, 2.24) is 28.7 Å². The molecule has 57 heavy (non-hydrogen) atoms. The molecule has 0 unspecified atom stereocenters. The SMILES string of the molecule is COc1ccc(-n2c(C(=O)N(C)C)c(C)c(OCc3ccccc3)c2C(=O)N(C)C)cc1.COc1ccc(-n2c(C(=O)N(C)C)c(O)c(O)c2C(=O)N(C)C)cc1. The summed E-state index contributed by atoms with van der Waals surface area (Å²) in [6.45, 7) is 2.08. The van der Waals surface area contributed by atoms with Crippen LogP contribution in [0.4, 0.5) is 0 Å². The minimum Gasteiger partial charge on any atom is -0.503 e. The molecule has 0 saturated heterocycles. The molecule has 0 spiro atoms. The third-order valence-electron chi connectivity index (χ3n) is 8.80. The number of methoxy groups -OCH3 is 2. The second-order valence-corrected chi connectivity index (χ2v) is 13.7. The van der Waals surface area contributed by atoms with E-state index in [-0.39, 0.29) is 29.8 Å². The number of amides is 4. The molecule has 2 aromatic heterocycles. The third-order valence-corrected chi connectivity index (χ3v) is 8.80. The predicted octanol–water partition coefficient (Wildman–Crippen LogP) is 5.08. The van der Waals surface area contributed by atoms with Gasteiger partial charge in [-0.15, -0.1) is 0 Å².